The molecule has 0 spiro atoms. The quantitative estimate of drug-likeness (QED) is 0.563. The van der Waals surface area contributed by atoms with Crippen molar-refractivity contribution in [3.8, 4) is 11.8 Å². The average molecular weight is 192 g/mol. The van der Waals surface area contributed by atoms with Crippen LogP contribution < -0.4 is 5.73 Å². The largest absolute Gasteiger partial charge is 0.330 e. The molecule has 1 rings (SSSR count). The summed E-state index contributed by atoms with van der Waals surface area (Å²) in [6.07, 6.45) is 2.97. The van der Waals surface area contributed by atoms with E-state index in [0.717, 1.165) is 37.5 Å². The van der Waals surface area contributed by atoms with Gasteiger partial charge in [0, 0.05) is 13.5 Å². The Labute approximate surface area is 84.5 Å². The highest BCUT2D eigenvalue weighted by Gasteiger charge is 1.99. The van der Waals surface area contributed by atoms with Gasteiger partial charge in [0.05, 0.1) is 0 Å². The molecule has 0 fully saturated rings. The zero-order chi connectivity index (χ0) is 10.4. The van der Waals surface area contributed by atoms with Gasteiger partial charge in [0.25, 0.3) is 0 Å². The molecule has 14 heavy (non-hydrogen) atoms. The van der Waals surface area contributed by atoms with Crippen LogP contribution in [-0.2, 0) is 7.05 Å². The van der Waals surface area contributed by atoms with Crippen LogP contribution in [0.25, 0.3) is 0 Å². The van der Waals surface area contributed by atoms with Gasteiger partial charge in [0.2, 0.25) is 5.82 Å². The van der Waals surface area contributed by atoms with Crippen LogP contribution in [0.4, 0.5) is 0 Å². The van der Waals surface area contributed by atoms with Crippen molar-refractivity contribution in [1.82, 2.24) is 14.8 Å². The van der Waals surface area contributed by atoms with E-state index < -0.39 is 0 Å². The first kappa shape index (κ1) is 10.7. The zero-order valence-corrected chi connectivity index (χ0v) is 8.75. The standard InChI is InChI=1S/C10H16N4/c1-9-12-13-10(14(9)2)7-5-3-4-6-8-11/h3-4,6,8,11H2,1-2H3. The zero-order valence-electron chi connectivity index (χ0n) is 8.75. The van der Waals surface area contributed by atoms with Crippen LogP contribution in [0.2, 0.25) is 0 Å². The van der Waals surface area contributed by atoms with E-state index in [0.29, 0.717) is 0 Å². The second-order valence-electron chi connectivity index (χ2n) is 3.18. The van der Waals surface area contributed by atoms with E-state index in [2.05, 4.69) is 22.0 Å². The molecule has 0 atom stereocenters. The second kappa shape index (κ2) is 5.40. The van der Waals surface area contributed by atoms with Crippen molar-refractivity contribution in [1.29, 1.82) is 0 Å². The van der Waals surface area contributed by atoms with E-state index in [1.165, 1.54) is 0 Å². The molecule has 76 valence electrons. The smallest absolute Gasteiger partial charge is 0.207 e. The summed E-state index contributed by atoms with van der Waals surface area (Å²) in [6, 6.07) is 0. The Morgan fingerprint density at radius 2 is 2.14 bits per heavy atom. The Kier molecular flexibility index (Phi) is 4.14. The fourth-order valence-corrected chi connectivity index (χ4v) is 1.02. The number of aromatic nitrogens is 3. The van der Waals surface area contributed by atoms with Crippen LogP contribution in [0.5, 0.6) is 0 Å². The van der Waals surface area contributed by atoms with E-state index in [9.17, 15) is 0 Å². The molecule has 0 amide bonds. The summed E-state index contributed by atoms with van der Waals surface area (Å²) < 4.78 is 1.88. The molecular formula is C10H16N4. The predicted molar refractivity (Wildman–Crippen MR) is 55.5 cm³/mol. The molecule has 1 aromatic heterocycles. The molecule has 0 saturated heterocycles. The molecule has 4 heteroatoms. The molecule has 2 N–H and O–H groups in total. The van der Waals surface area contributed by atoms with Gasteiger partial charge in [-0.15, -0.1) is 10.2 Å². The van der Waals surface area contributed by atoms with Crippen LogP contribution in [0, 0.1) is 18.8 Å². The molecule has 0 radical (unpaired) electrons. The molecule has 0 bridgehead atoms. The summed E-state index contributed by atoms with van der Waals surface area (Å²) in [5.74, 6) is 7.67. The van der Waals surface area contributed by atoms with Gasteiger partial charge in [0.1, 0.15) is 5.82 Å². The third-order valence-electron chi connectivity index (χ3n) is 2.05. The lowest BCUT2D eigenvalue weighted by Gasteiger charge is -1.92. The summed E-state index contributed by atoms with van der Waals surface area (Å²) in [5.41, 5.74) is 5.37. The van der Waals surface area contributed by atoms with Crippen LogP contribution in [0.1, 0.15) is 30.9 Å². The van der Waals surface area contributed by atoms with Gasteiger partial charge in [-0.2, -0.15) is 0 Å². The van der Waals surface area contributed by atoms with Crippen molar-refractivity contribution >= 4 is 0 Å². The van der Waals surface area contributed by atoms with E-state index in [-0.39, 0.29) is 0 Å². The molecule has 1 aromatic rings. The van der Waals surface area contributed by atoms with E-state index in [1.54, 1.807) is 0 Å². The molecule has 4 nitrogen and oxygen atoms in total. The van der Waals surface area contributed by atoms with Crippen molar-refractivity contribution in [2.24, 2.45) is 12.8 Å². The summed E-state index contributed by atoms with van der Waals surface area (Å²) >= 11 is 0. The predicted octanol–water partition coefficient (Wildman–Crippen LogP) is 0.604. The first-order valence-electron chi connectivity index (χ1n) is 4.80. The van der Waals surface area contributed by atoms with Crippen LogP contribution in [-0.4, -0.2) is 21.3 Å². The molecule has 0 aromatic carbocycles. The normalized spacial score (nSPS) is 9.64. The van der Waals surface area contributed by atoms with Crippen LogP contribution in [0.3, 0.4) is 0 Å². The monoisotopic (exact) mass is 192 g/mol. The Bertz CT molecular complexity index is 343. The third-order valence-corrected chi connectivity index (χ3v) is 2.05. The van der Waals surface area contributed by atoms with Gasteiger partial charge in [0.15, 0.2) is 0 Å². The molecule has 0 saturated carbocycles. The lowest BCUT2D eigenvalue weighted by atomic mass is 10.2. The topological polar surface area (TPSA) is 56.7 Å². The number of unbranched alkanes of at least 4 members (excludes halogenated alkanes) is 2. The van der Waals surface area contributed by atoms with Crippen molar-refractivity contribution in [2.75, 3.05) is 6.54 Å². The van der Waals surface area contributed by atoms with E-state index in [1.807, 2.05) is 18.5 Å². The van der Waals surface area contributed by atoms with Gasteiger partial charge < -0.3 is 10.3 Å². The van der Waals surface area contributed by atoms with Crippen molar-refractivity contribution in [2.45, 2.75) is 26.2 Å². The third kappa shape index (κ3) is 2.86. The minimum absolute atomic E-state index is 0.732. The highest BCUT2D eigenvalue weighted by atomic mass is 15.3. The fourth-order valence-electron chi connectivity index (χ4n) is 1.02. The number of aryl methyl sites for hydroxylation is 1. The lowest BCUT2D eigenvalue weighted by Crippen LogP contribution is -1.97. The first-order chi connectivity index (χ1) is 6.75. The van der Waals surface area contributed by atoms with E-state index >= 15 is 0 Å². The summed E-state index contributed by atoms with van der Waals surface area (Å²) in [4.78, 5) is 0. The summed E-state index contributed by atoms with van der Waals surface area (Å²) in [7, 11) is 1.92. The first-order valence-corrected chi connectivity index (χ1v) is 4.80. The van der Waals surface area contributed by atoms with Gasteiger partial charge in [-0.05, 0) is 32.2 Å². The Morgan fingerprint density at radius 1 is 1.36 bits per heavy atom. The maximum absolute atomic E-state index is 5.37. The van der Waals surface area contributed by atoms with Crippen molar-refractivity contribution in [3.05, 3.63) is 11.6 Å². The molecule has 1 heterocycles. The average Bonchev–Trinajstić information content (AvgIpc) is 2.49. The molecule has 0 unspecified atom stereocenters. The maximum Gasteiger partial charge on any atom is 0.207 e. The van der Waals surface area contributed by atoms with Crippen molar-refractivity contribution in [3.63, 3.8) is 0 Å². The van der Waals surface area contributed by atoms with Crippen LogP contribution >= 0.6 is 0 Å². The number of hydrogen-bond acceptors (Lipinski definition) is 3. The number of rotatable bonds is 3. The Balaban J connectivity index is 2.47. The van der Waals surface area contributed by atoms with Crippen LogP contribution in [0.15, 0.2) is 0 Å². The highest BCUT2D eigenvalue weighted by Crippen LogP contribution is 1.96. The maximum atomic E-state index is 5.37. The number of nitrogens with zero attached hydrogens (tertiary/aromatic N) is 3. The van der Waals surface area contributed by atoms with Gasteiger partial charge in [-0.1, -0.05) is 5.92 Å². The molecular weight excluding hydrogens is 176 g/mol. The summed E-state index contributed by atoms with van der Waals surface area (Å²) in [5, 5.41) is 7.87. The molecule has 0 aliphatic carbocycles. The van der Waals surface area contributed by atoms with Gasteiger partial charge in [-0.3, -0.25) is 0 Å². The highest BCUT2D eigenvalue weighted by molar-refractivity contribution is 5.20. The number of nitrogens with two attached hydrogens (primary N) is 1. The second-order valence-corrected chi connectivity index (χ2v) is 3.18. The van der Waals surface area contributed by atoms with Crippen molar-refractivity contribution < 1.29 is 0 Å². The fraction of sp³-hybridized carbons (Fsp3) is 0.600. The lowest BCUT2D eigenvalue weighted by molar-refractivity contribution is 0.767. The Morgan fingerprint density at radius 3 is 2.71 bits per heavy atom. The SMILES string of the molecule is Cc1nnc(C#CCCCCN)n1C. The minimum Gasteiger partial charge on any atom is -0.330 e. The minimum atomic E-state index is 0.732. The van der Waals surface area contributed by atoms with E-state index in [4.69, 9.17) is 5.73 Å². The van der Waals surface area contributed by atoms with Gasteiger partial charge in [-0.25, -0.2) is 0 Å². The number of hydrogen-bond donors (Lipinski definition) is 1. The Hall–Kier alpha value is -1.34. The molecule has 0 aliphatic rings. The summed E-state index contributed by atoms with van der Waals surface area (Å²) in [6.45, 7) is 2.65. The van der Waals surface area contributed by atoms with Gasteiger partial charge >= 0.3 is 0 Å². The molecule has 0 aliphatic heterocycles.